The van der Waals surface area contributed by atoms with Crippen molar-refractivity contribution in [2.24, 2.45) is 7.05 Å². The van der Waals surface area contributed by atoms with Gasteiger partial charge in [0.2, 0.25) is 0 Å². The van der Waals surface area contributed by atoms with E-state index in [1.807, 2.05) is 24.4 Å². The maximum absolute atomic E-state index is 13.0. The third kappa shape index (κ3) is 3.40. The fourth-order valence-electron chi connectivity index (χ4n) is 4.36. The highest BCUT2D eigenvalue weighted by atomic mass is 32.1. The first-order chi connectivity index (χ1) is 13.9. The van der Waals surface area contributed by atoms with E-state index >= 15 is 0 Å². The van der Waals surface area contributed by atoms with Crippen molar-refractivity contribution in [3.8, 4) is 0 Å². The monoisotopic (exact) mass is 414 g/mol. The molecule has 1 N–H and O–H groups in total. The van der Waals surface area contributed by atoms with Crippen molar-refractivity contribution in [1.82, 2.24) is 19.6 Å². The second kappa shape index (κ2) is 7.76. The Balaban J connectivity index is 1.77. The van der Waals surface area contributed by atoms with E-state index in [1.165, 1.54) is 24.2 Å². The smallest absolute Gasteiger partial charge is 0.295 e. The predicted molar refractivity (Wildman–Crippen MR) is 112 cm³/mol. The van der Waals surface area contributed by atoms with Gasteiger partial charge in [-0.1, -0.05) is 6.07 Å². The Kier molecular flexibility index (Phi) is 5.31. The normalized spacial score (nSPS) is 22.2. The number of nitrogens with zero attached hydrogens (tertiary/aromatic N) is 4. The summed E-state index contributed by atoms with van der Waals surface area (Å²) in [6, 6.07) is 3.26. The molecule has 4 rings (SSSR count). The van der Waals surface area contributed by atoms with Crippen LogP contribution in [0, 0.1) is 13.8 Å². The molecule has 1 unspecified atom stereocenters. The molecule has 2 aromatic rings. The molecule has 8 heteroatoms. The summed E-state index contributed by atoms with van der Waals surface area (Å²) in [5.74, 6) is -1.29. The zero-order chi connectivity index (χ0) is 20.7. The van der Waals surface area contributed by atoms with Crippen LogP contribution in [-0.4, -0.2) is 62.6 Å². The number of thiophene rings is 1. The minimum atomic E-state index is -0.620. The molecule has 2 saturated heterocycles. The Morgan fingerprint density at radius 3 is 2.55 bits per heavy atom. The number of carbonyl (C=O) groups is 2. The van der Waals surface area contributed by atoms with Gasteiger partial charge in [0.05, 0.1) is 22.9 Å². The zero-order valence-electron chi connectivity index (χ0n) is 17.0. The Morgan fingerprint density at radius 2 is 1.97 bits per heavy atom. The quantitative estimate of drug-likeness (QED) is 0.462. The van der Waals surface area contributed by atoms with Gasteiger partial charge >= 0.3 is 0 Å². The van der Waals surface area contributed by atoms with Gasteiger partial charge in [-0.05, 0) is 51.2 Å². The summed E-state index contributed by atoms with van der Waals surface area (Å²) in [6.07, 6.45) is 2.35. The fraction of sp³-hybridized carbons (Fsp3) is 0.476. The Bertz CT molecular complexity index is 970. The maximum atomic E-state index is 13.0. The van der Waals surface area contributed by atoms with Gasteiger partial charge in [-0.3, -0.25) is 14.3 Å². The van der Waals surface area contributed by atoms with Gasteiger partial charge < -0.3 is 14.9 Å². The molecule has 0 saturated carbocycles. The van der Waals surface area contributed by atoms with E-state index in [9.17, 15) is 14.7 Å². The topological polar surface area (TPSA) is 78.7 Å². The standard InChI is InChI=1S/C21H26N4O3S/c1-13-16(14(2)23(3)22-13)19(26)17-18(15-7-6-12-29-15)25(21(28)20(17)27)11-10-24-8-4-5-9-24/h6-7,12,18,26H,4-5,8-11H2,1-3H3/b19-17+. The van der Waals surface area contributed by atoms with Crippen molar-refractivity contribution in [2.45, 2.75) is 32.7 Å². The van der Waals surface area contributed by atoms with E-state index in [-0.39, 0.29) is 11.3 Å². The number of ketones is 1. The third-order valence-electron chi connectivity index (χ3n) is 5.95. The van der Waals surface area contributed by atoms with Crippen LogP contribution in [0.4, 0.5) is 0 Å². The number of hydrogen-bond donors (Lipinski definition) is 1. The van der Waals surface area contributed by atoms with Gasteiger partial charge in [0.15, 0.2) is 0 Å². The SMILES string of the molecule is Cc1nn(C)c(C)c1/C(O)=C1\C(=O)C(=O)N(CCN2CCCC2)C1c1cccs1. The number of hydrogen-bond acceptors (Lipinski definition) is 6. The lowest BCUT2D eigenvalue weighted by Gasteiger charge is -2.26. The summed E-state index contributed by atoms with van der Waals surface area (Å²) in [6.45, 7) is 6.91. The molecule has 29 heavy (non-hydrogen) atoms. The number of aliphatic hydroxyl groups excluding tert-OH is 1. The molecule has 0 aromatic carbocycles. The molecular weight excluding hydrogens is 388 g/mol. The first-order valence-corrected chi connectivity index (χ1v) is 10.8. The first kappa shape index (κ1) is 19.8. The summed E-state index contributed by atoms with van der Waals surface area (Å²) >= 11 is 1.49. The number of likely N-dealkylation sites (tertiary alicyclic amines) is 2. The molecule has 4 heterocycles. The minimum absolute atomic E-state index is 0.131. The van der Waals surface area contributed by atoms with E-state index in [2.05, 4.69) is 10.00 Å². The van der Waals surface area contributed by atoms with Crippen LogP contribution >= 0.6 is 11.3 Å². The van der Waals surface area contributed by atoms with Gasteiger partial charge in [0, 0.05) is 30.7 Å². The molecule has 0 aliphatic carbocycles. The highest BCUT2D eigenvalue weighted by Crippen LogP contribution is 2.41. The van der Waals surface area contributed by atoms with Gasteiger partial charge in [-0.15, -0.1) is 11.3 Å². The third-order valence-corrected chi connectivity index (χ3v) is 6.88. The molecule has 2 aliphatic rings. The Morgan fingerprint density at radius 1 is 1.24 bits per heavy atom. The number of aryl methyl sites for hydroxylation is 2. The van der Waals surface area contributed by atoms with E-state index in [4.69, 9.17) is 0 Å². The predicted octanol–water partition coefficient (Wildman–Crippen LogP) is 2.62. The molecule has 2 aromatic heterocycles. The average molecular weight is 415 g/mol. The molecule has 1 amide bonds. The van der Waals surface area contributed by atoms with Gasteiger partial charge in [0.25, 0.3) is 11.7 Å². The molecule has 2 fully saturated rings. The summed E-state index contributed by atoms with van der Waals surface area (Å²) in [4.78, 5) is 30.8. The van der Waals surface area contributed by atoms with E-state index < -0.39 is 17.7 Å². The Labute approximate surface area is 174 Å². The van der Waals surface area contributed by atoms with Crippen molar-refractivity contribution in [3.63, 3.8) is 0 Å². The van der Waals surface area contributed by atoms with Gasteiger partial charge in [-0.25, -0.2) is 0 Å². The summed E-state index contributed by atoms with van der Waals surface area (Å²) in [5.41, 5.74) is 2.09. The van der Waals surface area contributed by atoms with E-state index in [1.54, 1.807) is 23.6 Å². The summed E-state index contributed by atoms with van der Waals surface area (Å²) < 4.78 is 1.67. The highest BCUT2D eigenvalue weighted by Gasteiger charge is 2.47. The second-order valence-corrected chi connectivity index (χ2v) is 8.71. The number of aliphatic hydroxyl groups is 1. The number of aromatic nitrogens is 2. The molecule has 0 spiro atoms. The molecule has 0 bridgehead atoms. The van der Waals surface area contributed by atoms with Crippen LogP contribution in [0.1, 0.15) is 40.7 Å². The summed E-state index contributed by atoms with van der Waals surface area (Å²) in [7, 11) is 1.80. The molecule has 7 nitrogen and oxygen atoms in total. The van der Waals surface area contributed by atoms with Crippen molar-refractivity contribution >= 4 is 28.8 Å². The number of Topliss-reactive ketones (excluding diaryl/α,β-unsaturated/α-hetero) is 1. The van der Waals surface area contributed by atoms with Gasteiger partial charge in [-0.2, -0.15) is 5.10 Å². The average Bonchev–Trinajstić information content (AvgIpc) is 3.45. The van der Waals surface area contributed by atoms with Crippen molar-refractivity contribution < 1.29 is 14.7 Å². The van der Waals surface area contributed by atoms with Crippen LogP contribution in [0.2, 0.25) is 0 Å². The van der Waals surface area contributed by atoms with E-state index in [0.29, 0.717) is 17.8 Å². The lowest BCUT2D eigenvalue weighted by Crippen LogP contribution is -2.36. The van der Waals surface area contributed by atoms with Gasteiger partial charge in [0.1, 0.15) is 5.76 Å². The first-order valence-electron chi connectivity index (χ1n) is 9.95. The molecule has 0 radical (unpaired) electrons. The number of carbonyl (C=O) groups excluding carboxylic acids is 2. The lowest BCUT2D eigenvalue weighted by molar-refractivity contribution is -0.140. The van der Waals surface area contributed by atoms with Crippen molar-refractivity contribution in [1.29, 1.82) is 0 Å². The van der Waals surface area contributed by atoms with Crippen LogP contribution in [0.5, 0.6) is 0 Å². The largest absolute Gasteiger partial charge is 0.507 e. The van der Waals surface area contributed by atoms with Crippen LogP contribution in [0.3, 0.4) is 0 Å². The second-order valence-electron chi connectivity index (χ2n) is 7.73. The lowest BCUT2D eigenvalue weighted by atomic mass is 9.99. The molecule has 1 atom stereocenters. The molecule has 154 valence electrons. The molecule has 2 aliphatic heterocycles. The summed E-state index contributed by atoms with van der Waals surface area (Å²) in [5, 5.41) is 17.4. The van der Waals surface area contributed by atoms with Crippen molar-refractivity contribution in [3.05, 3.63) is 44.9 Å². The maximum Gasteiger partial charge on any atom is 0.295 e. The van der Waals surface area contributed by atoms with Crippen LogP contribution in [0.25, 0.3) is 5.76 Å². The number of rotatable bonds is 5. The van der Waals surface area contributed by atoms with Crippen LogP contribution < -0.4 is 0 Å². The van der Waals surface area contributed by atoms with E-state index in [0.717, 1.165) is 30.2 Å². The fourth-order valence-corrected chi connectivity index (χ4v) is 5.21. The minimum Gasteiger partial charge on any atom is -0.507 e. The number of amides is 1. The zero-order valence-corrected chi connectivity index (χ0v) is 17.8. The van der Waals surface area contributed by atoms with Crippen LogP contribution in [-0.2, 0) is 16.6 Å². The van der Waals surface area contributed by atoms with Crippen molar-refractivity contribution in [2.75, 3.05) is 26.2 Å². The highest BCUT2D eigenvalue weighted by molar-refractivity contribution is 7.10. The molecular formula is C21H26N4O3S. The Hall–Kier alpha value is -2.45. The van der Waals surface area contributed by atoms with Crippen LogP contribution in [0.15, 0.2) is 23.1 Å².